The fourth-order valence-corrected chi connectivity index (χ4v) is 3.97. The summed E-state index contributed by atoms with van der Waals surface area (Å²) in [6.45, 7) is 0. The molecule has 0 atom stereocenters. The van der Waals surface area contributed by atoms with Crippen LogP contribution in [0.25, 0.3) is 27.9 Å². The predicted octanol–water partition coefficient (Wildman–Crippen LogP) is 4.76. The first-order chi connectivity index (χ1) is 14.7. The molecule has 0 radical (unpaired) electrons. The summed E-state index contributed by atoms with van der Waals surface area (Å²) in [6, 6.07) is 18.4. The molecule has 3 aromatic carbocycles. The van der Waals surface area contributed by atoms with Gasteiger partial charge in [-0.2, -0.15) is 9.78 Å². The molecule has 8 heteroatoms. The smallest absolute Gasteiger partial charge is 0.267 e. The maximum Gasteiger partial charge on any atom is 0.279 e. The zero-order valence-electron chi connectivity index (χ0n) is 16.3. The Balaban J connectivity index is 1.95. The summed E-state index contributed by atoms with van der Waals surface area (Å²) in [6.07, 6.45) is 2.66. The van der Waals surface area contributed by atoms with Gasteiger partial charge in [-0.15, -0.1) is 0 Å². The molecule has 0 saturated heterocycles. The third-order valence-corrected chi connectivity index (χ3v) is 6.16. The van der Waals surface area contributed by atoms with Crippen molar-refractivity contribution in [1.82, 2.24) is 9.78 Å². The second-order valence-electron chi connectivity index (χ2n) is 6.93. The van der Waals surface area contributed by atoms with Gasteiger partial charge < -0.3 is 0 Å². The molecule has 1 aromatic heterocycles. The molecule has 0 saturated carbocycles. The Morgan fingerprint density at radius 3 is 2.03 bits per heavy atom. The topological polar surface area (TPSA) is 69.0 Å². The summed E-state index contributed by atoms with van der Waals surface area (Å²) in [7, 11) is -3.36. The average molecular weight is 455 g/mol. The second-order valence-corrected chi connectivity index (χ2v) is 9.38. The van der Waals surface area contributed by atoms with Crippen molar-refractivity contribution in [2.75, 3.05) is 6.26 Å². The Hall–Kier alpha value is -3.29. The molecular formula is C23H16ClFN2O3S. The van der Waals surface area contributed by atoms with Gasteiger partial charge in [0.1, 0.15) is 5.82 Å². The van der Waals surface area contributed by atoms with Crippen LogP contribution in [0, 0.1) is 5.82 Å². The van der Waals surface area contributed by atoms with Crippen molar-refractivity contribution < 1.29 is 12.8 Å². The third kappa shape index (κ3) is 4.28. The molecule has 4 aromatic rings. The highest BCUT2D eigenvalue weighted by atomic mass is 35.5. The molecule has 0 unspecified atom stereocenters. The van der Waals surface area contributed by atoms with Gasteiger partial charge in [-0.3, -0.25) is 4.79 Å². The summed E-state index contributed by atoms with van der Waals surface area (Å²) in [5.41, 5.74) is 2.06. The quantitative estimate of drug-likeness (QED) is 0.445. The number of sulfone groups is 1. The Labute approximate surface area is 183 Å². The van der Waals surface area contributed by atoms with Crippen LogP contribution >= 0.6 is 11.6 Å². The van der Waals surface area contributed by atoms with Gasteiger partial charge in [0, 0.05) is 16.8 Å². The van der Waals surface area contributed by atoms with E-state index in [0.717, 1.165) is 6.26 Å². The van der Waals surface area contributed by atoms with Gasteiger partial charge in [0.05, 0.1) is 22.3 Å². The molecule has 31 heavy (non-hydrogen) atoms. The van der Waals surface area contributed by atoms with Crippen LogP contribution in [0.3, 0.4) is 0 Å². The van der Waals surface area contributed by atoms with Gasteiger partial charge in [0.25, 0.3) is 5.56 Å². The van der Waals surface area contributed by atoms with Crippen LogP contribution < -0.4 is 5.56 Å². The number of hydrogen-bond acceptors (Lipinski definition) is 4. The van der Waals surface area contributed by atoms with Crippen LogP contribution in [0.5, 0.6) is 0 Å². The lowest BCUT2D eigenvalue weighted by atomic mass is 9.97. The van der Waals surface area contributed by atoms with Gasteiger partial charge in [-0.25, -0.2) is 12.8 Å². The molecule has 4 rings (SSSR count). The standard InChI is InChI=1S/C23H16ClFN2O3S/c1-31(29,30)20-12-4-15(5-13-20)21-14-26-27(19-10-6-17(24)7-11-19)23(28)22(21)16-2-8-18(25)9-3-16/h2-14H,1H3. The van der Waals surface area contributed by atoms with Crippen LogP contribution in [0.1, 0.15) is 0 Å². The molecule has 0 spiro atoms. The van der Waals surface area contributed by atoms with Crippen molar-refractivity contribution in [3.05, 3.63) is 100 Å². The Morgan fingerprint density at radius 2 is 1.45 bits per heavy atom. The van der Waals surface area contributed by atoms with Gasteiger partial charge in [-0.05, 0) is 59.7 Å². The number of rotatable bonds is 4. The number of nitrogens with zero attached hydrogens (tertiary/aromatic N) is 2. The van der Waals surface area contributed by atoms with E-state index < -0.39 is 21.2 Å². The zero-order valence-corrected chi connectivity index (χ0v) is 17.9. The van der Waals surface area contributed by atoms with E-state index in [1.54, 1.807) is 36.4 Å². The van der Waals surface area contributed by atoms with E-state index in [4.69, 9.17) is 11.6 Å². The Kier molecular flexibility index (Phi) is 5.47. The Morgan fingerprint density at radius 1 is 0.871 bits per heavy atom. The van der Waals surface area contributed by atoms with E-state index in [9.17, 15) is 17.6 Å². The average Bonchev–Trinajstić information content (AvgIpc) is 2.75. The fraction of sp³-hybridized carbons (Fsp3) is 0.0435. The number of hydrogen-bond donors (Lipinski definition) is 0. The van der Waals surface area contributed by atoms with E-state index in [1.165, 1.54) is 47.3 Å². The van der Waals surface area contributed by atoms with E-state index >= 15 is 0 Å². The first-order valence-electron chi connectivity index (χ1n) is 9.19. The SMILES string of the molecule is CS(=O)(=O)c1ccc(-c2cnn(-c3ccc(Cl)cc3)c(=O)c2-c2ccc(F)cc2)cc1. The molecule has 0 amide bonds. The van der Waals surface area contributed by atoms with Crippen molar-refractivity contribution in [2.45, 2.75) is 4.90 Å². The fourth-order valence-electron chi connectivity index (χ4n) is 3.22. The monoisotopic (exact) mass is 454 g/mol. The third-order valence-electron chi connectivity index (χ3n) is 4.78. The number of aromatic nitrogens is 2. The van der Waals surface area contributed by atoms with E-state index in [2.05, 4.69) is 5.10 Å². The summed E-state index contributed by atoms with van der Waals surface area (Å²) in [5.74, 6) is -0.421. The number of halogens is 2. The van der Waals surface area contributed by atoms with E-state index in [-0.39, 0.29) is 4.90 Å². The highest BCUT2D eigenvalue weighted by molar-refractivity contribution is 7.90. The van der Waals surface area contributed by atoms with Crippen molar-refractivity contribution in [3.63, 3.8) is 0 Å². The molecule has 0 fully saturated rings. The summed E-state index contributed by atoms with van der Waals surface area (Å²) < 4.78 is 38.3. The first kappa shape index (κ1) is 21.0. The van der Waals surface area contributed by atoms with Gasteiger partial charge in [-0.1, -0.05) is 35.9 Å². The van der Waals surface area contributed by atoms with E-state index in [1.807, 2.05) is 0 Å². The lowest BCUT2D eigenvalue weighted by Gasteiger charge is -2.13. The molecule has 0 bridgehead atoms. The minimum Gasteiger partial charge on any atom is -0.267 e. The van der Waals surface area contributed by atoms with E-state index in [0.29, 0.717) is 33.0 Å². The molecule has 0 aliphatic heterocycles. The normalized spacial score (nSPS) is 11.5. The molecule has 156 valence electrons. The van der Waals surface area contributed by atoms with Crippen LogP contribution in [0.4, 0.5) is 4.39 Å². The van der Waals surface area contributed by atoms with Crippen LogP contribution in [0.15, 0.2) is 88.7 Å². The van der Waals surface area contributed by atoms with Crippen LogP contribution in [-0.4, -0.2) is 24.5 Å². The molecule has 0 N–H and O–H groups in total. The highest BCUT2D eigenvalue weighted by Gasteiger charge is 2.17. The Bertz CT molecular complexity index is 1410. The highest BCUT2D eigenvalue weighted by Crippen LogP contribution is 2.30. The molecule has 1 heterocycles. The van der Waals surface area contributed by atoms with Crippen molar-refractivity contribution in [1.29, 1.82) is 0 Å². The minimum absolute atomic E-state index is 0.169. The predicted molar refractivity (Wildman–Crippen MR) is 119 cm³/mol. The van der Waals surface area contributed by atoms with Crippen molar-refractivity contribution in [3.8, 4) is 27.9 Å². The van der Waals surface area contributed by atoms with Crippen molar-refractivity contribution in [2.24, 2.45) is 0 Å². The number of benzene rings is 3. The second kappa shape index (κ2) is 8.09. The summed E-state index contributed by atoms with van der Waals surface area (Å²) >= 11 is 5.94. The minimum atomic E-state index is -3.36. The summed E-state index contributed by atoms with van der Waals surface area (Å²) in [5, 5.41) is 4.82. The van der Waals surface area contributed by atoms with Gasteiger partial charge in [0.2, 0.25) is 0 Å². The maximum atomic E-state index is 13.5. The zero-order chi connectivity index (χ0) is 22.2. The maximum absolute atomic E-state index is 13.5. The molecule has 0 aliphatic rings. The van der Waals surface area contributed by atoms with Gasteiger partial charge >= 0.3 is 0 Å². The van der Waals surface area contributed by atoms with Crippen LogP contribution in [-0.2, 0) is 9.84 Å². The summed E-state index contributed by atoms with van der Waals surface area (Å²) in [4.78, 5) is 13.6. The molecule has 5 nitrogen and oxygen atoms in total. The first-order valence-corrected chi connectivity index (χ1v) is 11.5. The van der Waals surface area contributed by atoms with Crippen molar-refractivity contribution >= 4 is 21.4 Å². The molecule has 0 aliphatic carbocycles. The largest absolute Gasteiger partial charge is 0.279 e. The molecular weight excluding hydrogens is 439 g/mol. The van der Waals surface area contributed by atoms with Crippen LogP contribution in [0.2, 0.25) is 5.02 Å². The lowest BCUT2D eigenvalue weighted by Crippen LogP contribution is -2.23. The van der Waals surface area contributed by atoms with Gasteiger partial charge in [0.15, 0.2) is 9.84 Å². The lowest BCUT2D eigenvalue weighted by molar-refractivity contribution is 0.602.